The smallest absolute Gasteiger partial charge is 0.407 e. The van der Waals surface area contributed by atoms with E-state index in [1.165, 1.54) is 17.0 Å². The largest absolute Gasteiger partial charge is 0.465 e. The van der Waals surface area contributed by atoms with Crippen LogP contribution in [-0.4, -0.2) is 46.9 Å². The fourth-order valence-electron chi connectivity index (χ4n) is 3.09. The zero-order valence-corrected chi connectivity index (χ0v) is 12.9. The minimum Gasteiger partial charge on any atom is -0.465 e. The lowest BCUT2D eigenvalue weighted by Gasteiger charge is -2.28. The van der Waals surface area contributed by atoms with Gasteiger partial charge in [-0.25, -0.2) is 9.18 Å². The highest BCUT2D eigenvalue weighted by Gasteiger charge is 2.38. The van der Waals surface area contributed by atoms with Crippen molar-refractivity contribution >= 4 is 6.09 Å². The van der Waals surface area contributed by atoms with Gasteiger partial charge < -0.3 is 20.4 Å². The van der Waals surface area contributed by atoms with E-state index in [4.69, 9.17) is 5.11 Å². The summed E-state index contributed by atoms with van der Waals surface area (Å²) < 4.78 is 13.3. The summed E-state index contributed by atoms with van der Waals surface area (Å²) in [4.78, 5) is 12.9. The number of rotatable bonds is 5. The van der Waals surface area contributed by atoms with Crippen LogP contribution in [0.5, 0.6) is 0 Å². The summed E-state index contributed by atoms with van der Waals surface area (Å²) in [6.45, 7) is 4.80. The molecule has 1 fully saturated rings. The van der Waals surface area contributed by atoms with E-state index in [1.807, 2.05) is 6.92 Å². The molecule has 1 heterocycles. The van der Waals surface area contributed by atoms with Crippen LogP contribution in [-0.2, 0) is 0 Å². The maximum Gasteiger partial charge on any atom is 0.407 e. The van der Waals surface area contributed by atoms with Gasteiger partial charge in [0.2, 0.25) is 0 Å². The number of hydrogen-bond acceptors (Lipinski definition) is 3. The third-order valence-electron chi connectivity index (χ3n) is 4.32. The minimum absolute atomic E-state index is 0.0335. The number of aliphatic hydroxyl groups excluding tert-OH is 1. The number of aliphatic hydroxyl groups is 1. The fraction of sp³-hybridized carbons (Fsp3) is 0.562. The Labute approximate surface area is 129 Å². The van der Waals surface area contributed by atoms with Gasteiger partial charge in [-0.15, -0.1) is 0 Å². The SMILES string of the molecule is Cc1cc(F)ccc1C1C(CN[C@@H](C)CO)CCN1C(=O)O. The first-order valence-corrected chi connectivity index (χ1v) is 7.54. The number of carboxylic acid groups (broad SMARTS) is 1. The van der Waals surface area contributed by atoms with Gasteiger partial charge in [0.1, 0.15) is 5.82 Å². The first kappa shape index (κ1) is 16.7. The monoisotopic (exact) mass is 310 g/mol. The molecule has 1 aromatic rings. The average Bonchev–Trinajstić information content (AvgIpc) is 2.88. The van der Waals surface area contributed by atoms with Crippen LogP contribution in [0.15, 0.2) is 18.2 Å². The van der Waals surface area contributed by atoms with E-state index < -0.39 is 6.09 Å². The normalized spacial score (nSPS) is 22.8. The van der Waals surface area contributed by atoms with Crippen molar-refractivity contribution in [3.63, 3.8) is 0 Å². The third-order valence-corrected chi connectivity index (χ3v) is 4.32. The van der Waals surface area contributed by atoms with E-state index >= 15 is 0 Å². The number of likely N-dealkylation sites (tertiary alicyclic amines) is 1. The third kappa shape index (κ3) is 3.56. The van der Waals surface area contributed by atoms with Gasteiger partial charge in [-0.2, -0.15) is 0 Å². The van der Waals surface area contributed by atoms with Crippen molar-refractivity contribution in [1.29, 1.82) is 0 Å². The van der Waals surface area contributed by atoms with E-state index in [0.717, 1.165) is 17.5 Å². The summed E-state index contributed by atoms with van der Waals surface area (Å²) in [5, 5.41) is 21.7. The van der Waals surface area contributed by atoms with Crippen LogP contribution >= 0.6 is 0 Å². The molecule has 6 heteroatoms. The summed E-state index contributed by atoms with van der Waals surface area (Å²) in [6.07, 6.45) is -0.203. The van der Waals surface area contributed by atoms with E-state index in [9.17, 15) is 14.3 Å². The first-order chi connectivity index (χ1) is 10.4. The molecule has 5 nitrogen and oxygen atoms in total. The maximum absolute atomic E-state index is 13.3. The molecule has 2 unspecified atom stereocenters. The van der Waals surface area contributed by atoms with Crippen molar-refractivity contribution in [2.75, 3.05) is 19.7 Å². The Bertz CT molecular complexity index is 538. The molecular weight excluding hydrogens is 287 g/mol. The van der Waals surface area contributed by atoms with Crippen molar-refractivity contribution in [1.82, 2.24) is 10.2 Å². The number of halogens is 1. The molecule has 3 atom stereocenters. The van der Waals surface area contributed by atoms with Crippen LogP contribution in [0.3, 0.4) is 0 Å². The molecule has 1 aliphatic rings. The standard InChI is InChI=1S/C16H23FN2O3/c1-10-7-13(17)3-4-14(10)15-12(8-18-11(2)9-20)5-6-19(15)16(21)22/h3-4,7,11-12,15,18,20H,5-6,8-9H2,1-2H3,(H,21,22)/t11-,12?,15?/m0/s1. The molecule has 0 bridgehead atoms. The summed E-state index contributed by atoms with van der Waals surface area (Å²) in [6, 6.07) is 4.18. The molecule has 0 spiro atoms. The molecular formula is C16H23FN2O3. The fourth-order valence-corrected chi connectivity index (χ4v) is 3.09. The second kappa shape index (κ2) is 7.07. The van der Waals surface area contributed by atoms with Crippen molar-refractivity contribution < 1.29 is 19.4 Å². The van der Waals surface area contributed by atoms with Crippen LogP contribution < -0.4 is 5.32 Å². The molecule has 1 aliphatic heterocycles. The van der Waals surface area contributed by atoms with Gasteiger partial charge in [-0.05, 0) is 49.4 Å². The van der Waals surface area contributed by atoms with E-state index in [2.05, 4.69) is 5.32 Å². The van der Waals surface area contributed by atoms with Crippen LogP contribution in [0.2, 0.25) is 0 Å². The Morgan fingerprint density at radius 1 is 1.55 bits per heavy atom. The van der Waals surface area contributed by atoms with E-state index in [0.29, 0.717) is 13.1 Å². The predicted octanol–water partition coefficient (Wildman–Crippen LogP) is 2.15. The van der Waals surface area contributed by atoms with Gasteiger partial charge in [-0.3, -0.25) is 0 Å². The Kier molecular flexibility index (Phi) is 5.37. The second-order valence-electron chi connectivity index (χ2n) is 5.96. The van der Waals surface area contributed by atoms with Crippen molar-refractivity contribution in [3.05, 3.63) is 35.1 Å². The lowest BCUT2D eigenvalue weighted by molar-refractivity contribution is 0.133. The predicted molar refractivity (Wildman–Crippen MR) is 81.3 cm³/mol. The lowest BCUT2D eigenvalue weighted by atomic mass is 9.90. The van der Waals surface area contributed by atoms with Gasteiger partial charge in [0.15, 0.2) is 0 Å². The number of benzene rings is 1. The Morgan fingerprint density at radius 3 is 2.86 bits per heavy atom. The van der Waals surface area contributed by atoms with Gasteiger partial charge in [-0.1, -0.05) is 6.07 Å². The first-order valence-electron chi connectivity index (χ1n) is 7.54. The molecule has 0 aromatic heterocycles. The van der Waals surface area contributed by atoms with Crippen molar-refractivity contribution in [2.24, 2.45) is 5.92 Å². The quantitative estimate of drug-likeness (QED) is 0.779. The zero-order chi connectivity index (χ0) is 16.3. The van der Waals surface area contributed by atoms with Crippen molar-refractivity contribution in [3.8, 4) is 0 Å². The van der Waals surface area contributed by atoms with Crippen LogP contribution in [0.1, 0.15) is 30.5 Å². The zero-order valence-electron chi connectivity index (χ0n) is 12.9. The van der Waals surface area contributed by atoms with Gasteiger partial charge in [0, 0.05) is 19.1 Å². The lowest BCUT2D eigenvalue weighted by Crippen LogP contribution is -2.37. The highest BCUT2D eigenvalue weighted by Crippen LogP contribution is 2.38. The number of carbonyl (C=O) groups is 1. The Balaban J connectivity index is 2.24. The molecule has 0 radical (unpaired) electrons. The minimum atomic E-state index is -0.952. The van der Waals surface area contributed by atoms with Crippen LogP contribution in [0, 0.1) is 18.7 Å². The molecule has 0 aliphatic carbocycles. The molecule has 22 heavy (non-hydrogen) atoms. The molecule has 1 amide bonds. The van der Waals surface area contributed by atoms with Gasteiger partial charge >= 0.3 is 6.09 Å². The molecule has 2 rings (SSSR count). The van der Waals surface area contributed by atoms with Gasteiger partial charge in [0.25, 0.3) is 0 Å². The number of nitrogens with zero attached hydrogens (tertiary/aromatic N) is 1. The highest BCUT2D eigenvalue weighted by molar-refractivity contribution is 5.66. The molecule has 122 valence electrons. The maximum atomic E-state index is 13.3. The van der Waals surface area contributed by atoms with Crippen LogP contribution in [0.4, 0.5) is 9.18 Å². The Morgan fingerprint density at radius 2 is 2.27 bits per heavy atom. The number of amides is 1. The molecule has 3 N–H and O–H groups in total. The molecule has 1 aromatic carbocycles. The molecule has 1 saturated heterocycles. The van der Waals surface area contributed by atoms with E-state index in [1.54, 1.807) is 13.0 Å². The topological polar surface area (TPSA) is 72.8 Å². The number of hydrogen-bond donors (Lipinski definition) is 3. The summed E-state index contributed by atoms with van der Waals surface area (Å²) in [5.74, 6) is -0.209. The second-order valence-corrected chi connectivity index (χ2v) is 5.96. The average molecular weight is 310 g/mol. The van der Waals surface area contributed by atoms with E-state index in [-0.39, 0.29) is 30.4 Å². The Hall–Kier alpha value is -1.66. The van der Waals surface area contributed by atoms with Gasteiger partial charge in [0.05, 0.1) is 12.6 Å². The highest BCUT2D eigenvalue weighted by atomic mass is 19.1. The van der Waals surface area contributed by atoms with Crippen molar-refractivity contribution in [2.45, 2.75) is 32.4 Å². The number of aryl methyl sites for hydroxylation is 1. The van der Waals surface area contributed by atoms with Crippen LogP contribution in [0.25, 0.3) is 0 Å². The summed E-state index contributed by atoms with van der Waals surface area (Å²) in [5.41, 5.74) is 1.61. The molecule has 0 saturated carbocycles. The summed E-state index contributed by atoms with van der Waals surface area (Å²) in [7, 11) is 0. The summed E-state index contributed by atoms with van der Waals surface area (Å²) >= 11 is 0. The number of nitrogens with one attached hydrogen (secondary N) is 1.